The molecule has 5 rings (SSSR count). The zero-order chi connectivity index (χ0) is 24.4. The van der Waals surface area contributed by atoms with Gasteiger partial charge in [-0.3, -0.25) is 9.59 Å². The summed E-state index contributed by atoms with van der Waals surface area (Å²) in [5.74, 6) is -2.52. The van der Waals surface area contributed by atoms with E-state index in [1.54, 1.807) is 12.3 Å². The summed E-state index contributed by atoms with van der Waals surface area (Å²) in [7, 11) is 0. The van der Waals surface area contributed by atoms with Crippen LogP contribution in [0.5, 0.6) is 0 Å². The normalized spacial score (nSPS) is 13.9. The molecule has 6 heteroatoms. The van der Waals surface area contributed by atoms with E-state index in [9.17, 15) is 19.5 Å². The molecule has 35 heavy (non-hydrogen) atoms. The molecule has 1 fully saturated rings. The number of carbonyl (C=O) groups excluding carboxylic acids is 2. The summed E-state index contributed by atoms with van der Waals surface area (Å²) in [4.78, 5) is 37.1. The molecule has 0 radical (unpaired) electrons. The van der Waals surface area contributed by atoms with E-state index in [1.807, 2.05) is 77.4 Å². The minimum absolute atomic E-state index is 0.00374. The summed E-state index contributed by atoms with van der Waals surface area (Å²) >= 11 is 0. The minimum Gasteiger partial charge on any atom is -0.475 e. The van der Waals surface area contributed by atoms with E-state index < -0.39 is 11.8 Å². The van der Waals surface area contributed by atoms with Crippen molar-refractivity contribution in [3.05, 3.63) is 102 Å². The topological polar surface area (TPSA) is 88.4 Å². The molecule has 0 spiro atoms. The Morgan fingerprint density at radius 2 is 1.46 bits per heavy atom. The number of nitrogens with one attached hydrogen (secondary N) is 1. The van der Waals surface area contributed by atoms with Crippen LogP contribution in [0.2, 0.25) is 0 Å². The zero-order valence-electron chi connectivity index (χ0n) is 19.2. The quantitative estimate of drug-likeness (QED) is 0.271. The smallest absolute Gasteiger partial charge is 0.377 e. The number of hydrogen-bond acceptors (Lipinski definition) is 3. The predicted molar refractivity (Wildman–Crippen MR) is 135 cm³/mol. The first-order valence-electron chi connectivity index (χ1n) is 11.9. The van der Waals surface area contributed by atoms with Gasteiger partial charge in [-0.1, -0.05) is 73.5 Å². The molecule has 1 heterocycles. The molecule has 1 aliphatic rings. The van der Waals surface area contributed by atoms with Crippen molar-refractivity contribution in [1.29, 1.82) is 0 Å². The van der Waals surface area contributed by atoms with Gasteiger partial charge in [-0.25, -0.2) is 4.79 Å². The molecule has 0 unspecified atom stereocenters. The Balaban J connectivity index is 1.65. The summed E-state index contributed by atoms with van der Waals surface area (Å²) in [6, 6.07) is 24.9. The Kier molecular flexibility index (Phi) is 6.19. The van der Waals surface area contributed by atoms with Gasteiger partial charge in [0.2, 0.25) is 5.91 Å². The van der Waals surface area contributed by atoms with Crippen LogP contribution >= 0.6 is 0 Å². The molecule has 6 nitrogen and oxygen atoms in total. The van der Waals surface area contributed by atoms with Gasteiger partial charge in [-0.2, -0.15) is 0 Å². The lowest BCUT2D eigenvalue weighted by Crippen LogP contribution is -2.20. The molecule has 1 aliphatic carbocycles. The van der Waals surface area contributed by atoms with Crippen molar-refractivity contribution < 1.29 is 19.5 Å². The maximum atomic E-state index is 12.7. The van der Waals surface area contributed by atoms with Crippen LogP contribution < -0.4 is 5.32 Å². The highest BCUT2D eigenvalue weighted by Crippen LogP contribution is 2.35. The van der Waals surface area contributed by atoms with Gasteiger partial charge in [0.05, 0.1) is 11.6 Å². The number of carboxylic acids is 1. The highest BCUT2D eigenvalue weighted by atomic mass is 16.4. The summed E-state index contributed by atoms with van der Waals surface area (Å²) in [5, 5.41) is 13.0. The van der Waals surface area contributed by atoms with E-state index >= 15 is 0 Å². The van der Waals surface area contributed by atoms with Crippen molar-refractivity contribution >= 4 is 34.3 Å². The van der Waals surface area contributed by atoms with Crippen LogP contribution in [0, 0.1) is 5.92 Å². The predicted octanol–water partition coefficient (Wildman–Crippen LogP) is 5.68. The third-order valence-corrected chi connectivity index (χ3v) is 6.77. The second kappa shape index (κ2) is 9.58. The van der Waals surface area contributed by atoms with Gasteiger partial charge < -0.3 is 15.0 Å². The van der Waals surface area contributed by atoms with E-state index in [4.69, 9.17) is 0 Å². The van der Waals surface area contributed by atoms with Crippen molar-refractivity contribution in [2.24, 2.45) is 5.92 Å². The first-order valence-corrected chi connectivity index (χ1v) is 11.9. The first kappa shape index (κ1) is 22.6. The molecular formula is C29H26N2O4. The van der Waals surface area contributed by atoms with E-state index in [1.165, 1.54) is 0 Å². The maximum absolute atomic E-state index is 12.7. The number of carboxylic acid groups (broad SMARTS) is 1. The zero-order valence-corrected chi connectivity index (χ0v) is 19.2. The van der Waals surface area contributed by atoms with Crippen molar-refractivity contribution in [3.8, 4) is 0 Å². The Morgan fingerprint density at radius 3 is 2.03 bits per heavy atom. The molecule has 1 aromatic heterocycles. The fourth-order valence-electron chi connectivity index (χ4n) is 5.06. The number of hydrogen-bond donors (Lipinski definition) is 2. The highest BCUT2D eigenvalue weighted by Gasteiger charge is 2.27. The van der Waals surface area contributed by atoms with Crippen molar-refractivity contribution in [2.45, 2.75) is 31.7 Å². The molecule has 0 atom stereocenters. The number of amides is 1. The highest BCUT2D eigenvalue weighted by molar-refractivity contribution is 6.42. The number of ketones is 1. The third-order valence-electron chi connectivity index (χ3n) is 6.77. The van der Waals surface area contributed by atoms with Gasteiger partial charge in [0, 0.05) is 28.7 Å². The van der Waals surface area contributed by atoms with Crippen molar-refractivity contribution in [3.63, 3.8) is 0 Å². The lowest BCUT2D eigenvalue weighted by Gasteiger charge is -2.21. The Morgan fingerprint density at radius 1 is 0.857 bits per heavy atom. The Hall–Kier alpha value is -4.19. The van der Waals surface area contributed by atoms with Crippen molar-refractivity contribution in [2.75, 3.05) is 5.32 Å². The number of benzene rings is 3. The van der Waals surface area contributed by atoms with E-state index in [0.29, 0.717) is 16.6 Å². The fourth-order valence-corrected chi connectivity index (χ4v) is 5.06. The fraction of sp³-hybridized carbons (Fsp3) is 0.207. The van der Waals surface area contributed by atoms with E-state index in [2.05, 4.69) is 5.32 Å². The van der Waals surface area contributed by atoms with E-state index in [0.717, 1.165) is 36.8 Å². The van der Waals surface area contributed by atoms with Gasteiger partial charge in [-0.05, 0) is 42.2 Å². The summed E-state index contributed by atoms with van der Waals surface area (Å²) in [6.07, 6.45) is 5.48. The Bertz CT molecular complexity index is 1350. The number of rotatable bonds is 7. The lowest BCUT2D eigenvalue weighted by atomic mass is 9.98. The van der Waals surface area contributed by atoms with Crippen molar-refractivity contribution in [1.82, 2.24) is 4.57 Å². The molecular weight excluding hydrogens is 440 g/mol. The molecule has 2 N–H and O–H groups in total. The number of anilines is 1. The molecule has 0 saturated heterocycles. The average Bonchev–Trinajstić information content (AvgIpc) is 3.54. The number of aromatic nitrogens is 1. The number of aliphatic carboxylic acids is 1. The Labute approximate surface area is 203 Å². The monoisotopic (exact) mass is 466 g/mol. The number of nitrogens with zero attached hydrogens (tertiary/aromatic N) is 1. The van der Waals surface area contributed by atoms with Crippen LogP contribution in [0.1, 0.15) is 53.2 Å². The van der Waals surface area contributed by atoms with Gasteiger partial charge in [0.25, 0.3) is 5.78 Å². The average molecular weight is 467 g/mol. The SMILES string of the molecule is O=C(O)C(=O)c1cn(C(c2ccccc2)c2ccccc2)c2ccc(NC(=O)C3CCCC3)cc12. The number of Topliss-reactive ketones (excluding diaryl/α,β-unsaturated/α-hetero) is 1. The summed E-state index contributed by atoms with van der Waals surface area (Å²) in [5.41, 5.74) is 3.38. The van der Waals surface area contributed by atoms with Crippen LogP contribution in [0.4, 0.5) is 5.69 Å². The molecule has 3 aromatic carbocycles. The van der Waals surface area contributed by atoms with Gasteiger partial charge in [0.15, 0.2) is 0 Å². The van der Waals surface area contributed by atoms with Crippen LogP contribution in [0.15, 0.2) is 85.1 Å². The first-order chi connectivity index (χ1) is 17.0. The number of fused-ring (bicyclic) bond motifs is 1. The standard InChI is InChI=1S/C29H26N2O4/c32-27(29(34)35)24-18-31(26(19-9-3-1-4-10-19)20-11-5-2-6-12-20)25-16-15-22(17-23(24)25)30-28(33)21-13-7-8-14-21/h1-6,9-12,15-18,21,26H,7-8,13-14H2,(H,30,33)(H,34,35). The second-order valence-corrected chi connectivity index (χ2v) is 9.01. The molecule has 176 valence electrons. The largest absolute Gasteiger partial charge is 0.475 e. The molecule has 4 aromatic rings. The second-order valence-electron chi connectivity index (χ2n) is 9.01. The van der Waals surface area contributed by atoms with Crippen LogP contribution in [0.3, 0.4) is 0 Å². The minimum atomic E-state index is -1.51. The van der Waals surface area contributed by atoms with Crippen LogP contribution in [0.25, 0.3) is 10.9 Å². The van der Waals surface area contributed by atoms with Gasteiger partial charge >= 0.3 is 5.97 Å². The molecule has 0 bridgehead atoms. The van der Waals surface area contributed by atoms with Gasteiger partial charge in [-0.15, -0.1) is 0 Å². The summed E-state index contributed by atoms with van der Waals surface area (Å²) < 4.78 is 1.94. The molecule has 1 saturated carbocycles. The van der Waals surface area contributed by atoms with Crippen LogP contribution in [-0.2, 0) is 9.59 Å². The maximum Gasteiger partial charge on any atom is 0.377 e. The van der Waals surface area contributed by atoms with Gasteiger partial charge in [0.1, 0.15) is 0 Å². The van der Waals surface area contributed by atoms with Crippen LogP contribution in [-0.4, -0.2) is 27.3 Å². The molecule has 0 aliphatic heterocycles. The lowest BCUT2D eigenvalue weighted by molar-refractivity contribution is -0.131. The third kappa shape index (κ3) is 4.47. The summed E-state index contributed by atoms with van der Waals surface area (Å²) in [6.45, 7) is 0. The van der Waals surface area contributed by atoms with E-state index in [-0.39, 0.29) is 23.4 Å². The molecule has 1 amide bonds. The number of carbonyl (C=O) groups is 3.